The highest BCUT2D eigenvalue weighted by atomic mass is 16.2. The minimum atomic E-state index is -0.291. The van der Waals surface area contributed by atoms with Crippen molar-refractivity contribution in [2.24, 2.45) is 17.4 Å². The van der Waals surface area contributed by atoms with Crippen molar-refractivity contribution < 1.29 is 4.79 Å². The summed E-state index contributed by atoms with van der Waals surface area (Å²) in [6.45, 7) is 2.18. The van der Waals surface area contributed by atoms with Crippen LogP contribution in [0, 0.1) is 5.92 Å². The van der Waals surface area contributed by atoms with Crippen LogP contribution in [0.2, 0.25) is 0 Å². The summed E-state index contributed by atoms with van der Waals surface area (Å²) >= 11 is 0. The minimum absolute atomic E-state index is 0.291. The highest BCUT2D eigenvalue weighted by Crippen LogP contribution is 2.21. The smallest absolute Gasteiger partial charge is 0.314 e. The van der Waals surface area contributed by atoms with Crippen molar-refractivity contribution in [1.82, 2.24) is 4.90 Å². The van der Waals surface area contributed by atoms with E-state index in [0.29, 0.717) is 12.5 Å². The molecule has 1 fully saturated rings. The van der Waals surface area contributed by atoms with Crippen molar-refractivity contribution >= 4 is 6.03 Å². The predicted molar refractivity (Wildman–Crippen MR) is 71.9 cm³/mol. The number of nitrogens with two attached hydrogens (primary N) is 2. The van der Waals surface area contributed by atoms with Crippen LogP contribution in [0.3, 0.4) is 0 Å². The molecule has 0 atom stereocenters. The fraction of sp³-hybridized carbons (Fsp3) is 0.500. The summed E-state index contributed by atoms with van der Waals surface area (Å²) < 4.78 is 0. The molecule has 0 saturated carbocycles. The quantitative estimate of drug-likeness (QED) is 0.849. The molecule has 0 aliphatic carbocycles. The van der Waals surface area contributed by atoms with E-state index in [9.17, 15) is 4.79 Å². The molecule has 4 nitrogen and oxygen atoms in total. The molecule has 2 rings (SSSR count). The lowest BCUT2D eigenvalue weighted by atomic mass is 9.90. The molecule has 4 heteroatoms. The highest BCUT2D eigenvalue weighted by molar-refractivity contribution is 5.72. The number of likely N-dealkylation sites (tertiary alicyclic amines) is 1. The van der Waals surface area contributed by atoms with Crippen LogP contribution in [0.25, 0.3) is 0 Å². The number of hydrogen-bond acceptors (Lipinski definition) is 2. The first-order valence-electron chi connectivity index (χ1n) is 6.51. The van der Waals surface area contributed by atoms with Crippen molar-refractivity contribution in [3.8, 4) is 0 Å². The van der Waals surface area contributed by atoms with Gasteiger partial charge in [0.15, 0.2) is 0 Å². The molecule has 1 heterocycles. The third-order valence-electron chi connectivity index (χ3n) is 3.71. The molecule has 18 heavy (non-hydrogen) atoms. The first kappa shape index (κ1) is 12.9. The average Bonchev–Trinajstić information content (AvgIpc) is 2.40. The topological polar surface area (TPSA) is 72.3 Å². The molecule has 0 spiro atoms. The fourth-order valence-electron chi connectivity index (χ4n) is 2.50. The molecule has 1 aromatic carbocycles. The van der Waals surface area contributed by atoms with Gasteiger partial charge < -0.3 is 16.4 Å². The van der Waals surface area contributed by atoms with Crippen molar-refractivity contribution in [1.29, 1.82) is 0 Å². The van der Waals surface area contributed by atoms with Crippen LogP contribution in [0.15, 0.2) is 24.3 Å². The molecule has 1 saturated heterocycles. The van der Waals surface area contributed by atoms with Gasteiger partial charge in [0.25, 0.3) is 0 Å². The Kier molecular flexibility index (Phi) is 4.20. The SMILES string of the molecule is NCc1ccc(CC2CCN(C(N)=O)CC2)cc1. The Labute approximate surface area is 108 Å². The van der Waals surface area contributed by atoms with Gasteiger partial charge in [0.1, 0.15) is 0 Å². The molecule has 1 aliphatic rings. The number of hydrogen-bond donors (Lipinski definition) is 2. The number of carbonyl (C=O) groups is 1. The predicted octanol–water partition coefficient (Wildman–Crippen LogP) is 1.48. The number of piperidine rings is 1. The number of primary amides is 1. The van der Waals surface area contributed by atoms with Crippen LogP contribution < -0.4 is 11.5 Å². The Hall–Kier alpha value is -1.55. The molecule has 2 amide bonds. The lowest BCUT2D eigenvalue weighted by Gasteiger charge is -2.30. The van der Waals surface area contributed by atoms with Crippen LogP contribution in [-0.2, 0) is 13.0 Å². The highest BCUT2D eigenvalue weighted by Gasteiger charge is 2.21. The van der Waals surface area contributed by atoms with E-state index in [0.717, 1.165) is 32.4 Å². The Bertz CT molecular complexity index is 394. The molecular formula is C14H21N3O. The Morgan fingerprint density at radius 3 is 2.22 bits per heavy atom. The summed E-state index contributed by atoms with van der Waals surface area (Å²) in [5, 5.41) is 0. The molecule has 0 aromatic heterocycles. The van der Waals surface area contributed by atoms with Gasteiger partial charge in [-0.05, 0) is 36.3 Å². The lowest BCUT2D eigenvalue weighted by Crippen LogP contribution is -2.41. The van der Waals surface area contributed by atoms with Gasteiger partial charge in [-0.1, -0.05) is 24.3 Å². The number of carbonyl (C=O) groups excluding carboxylic acids is 1. The zero-order valence-electron chi connectivity index (χ0n) is 10.6. The zero-order chi connectivity index (χ0) is 13.0. The summed E-state index contributed by atoms with van der Waals surface area (Å²) in [5.74, 6) is 0.657. The van der Waals surface area contributed by atoms with E-state index in [2.05, 4.69) is 24.3 Å². The Morgan fingerprint density at radius 2 is 1.72 bits per heavy atom. The van der Waals surface area contributed by atoms with Crippen molar-refractivity contribution in [3.63, 3.8) is 0 Å². The molecule has 0 radical (unpaired) electrons. The number of amides is 2. The van der Waals surface area contributed by atoms with E-state index < -0.39 is 0 Å². The van der Waals surface area contributed by atoms with E-state index in [-0.39, 0.29) is 6.03 Å². The van der Waals surface area contributed by atoms with Gasteiger partial charge in [-0.2, -0.15) is 0 Å². The van der Waals surface area contributed by atoms with Gasteiger partial charge in [-0.3, -0.25) is 0 Å². The summed E-state index contributed by atoms with van der Waals surface area (Å²) in [4.78, 5) is 12.8. The van der Waals surface area contributed by atoms with Crippen molar-refractivity contribution in [2.75, 3.05) is 13.1 Å². The number of benzene rings is 1. The molecule has 98 valence electrons. The van der Waals surface area contributed by atoms with E-state index in [1.165, 1.54) is 11.1 Å². The monoisotopic (exact) mass is 247 g/mol. The first-order valence-corrected chi connectivity index (χ1v) is 6.51. The van der Waals surface area contributed by atoms with Gasteiger partial charge in [-0.25, -0.2) is 4.79 Å². The molecule has 0 bridgehead atoms. The molecule has 1 aromatic rings. The minimum Gasteiger partial charge on any atom is -0.351 e. The zero-order valence-corrected chi connectivity index (χ0v) is 10.6. The molecule has 1 aliphatic heterocycles. The summed E-state index contributed by atoms with van der Waals surface area (Å²) in [6, 6.07) is 8.20. The summed E-state index contributed by atoms with van der Waals surface area (Å²) in [7, 11) is 0. The second-order valence-corrected chi connectivity index (χ2v) is 4.99. The van der Waals surface area contributed by atoms with E-state index >= 15 is 0 Å². The number of rotatable bonds is 3. The number of urea groups is 1. The third-order valence-corrected chi connectivity index (χ3v) is 3.71. The molecular weight excluding hydrogens is 226 g/mol. The second kappa shape index (κ2) is 5.87. The van der Waals surface area contributed by atoms with Crippen molar-refractivity contribution in [2.45, 2.75) is 25.8 Å². The molecule has 4 N–H and O–H groups in total. The third kappa shape index (κ3) is 3.23. The van der Waals surface area contributed by atoms with Crippen LogP contribution in [0.4, 0.5) is 4.79 Å². The second-order valence-electron chi connectivity index (χ2n) is 4.99. The van der Waals surface area contributed by atoms with E-state index in [4.69, 9.17) is 11.5 Å². The van der Waals surface area contributed by atoms with Crippen LogP contribution >= 0.6 is 0 Å². The average molecular weight is 247 g/mol. The standard InChI is InChI=1S/C14H21N3O/c15-10-13-3-1-11(2-4-13)9-12-5-7-17(8-6-12)14(16)18/h1-4,12H,5-10,15H2,(H2,16,18). The van der Waals surface area contributed by atoms with Crippen molar-refractivity contribution in [3.05, 3.63) is 35.4 Å². The van der Waals surface area contributed by atoms with Gasteiger partial charge in [-0.15, -0.1) is 0 Å². The Morgan fingerprint density at radius 1 is 1.17 bits per heavy atom. The maximum Gasteiger partial charge on any atom is 0.314 e. The first-order chi connectivity index (χ1) is 8.69. The van der Waals surface area contributed by atoms with Crippen LogP contribution in [-0.4, -0.2) is 24.0 Å². The van der Waals surface area contributed by atoms with E-state index in [1.54, 1.807) is 4.90 Å². The van der Waals surface area contributed by atoms with Crippen LogP contribution in [0.5, 0.6) is 0 Å². The Balaban J connectivity index is 1.85. The van der Waals surface area contributed by atoms with Gasteiger partial charge in [0, 0.05) is 19.6 Å². The molecule has 0 unspecified atom stereocenters. The normalized spacial score (nSPS) is 16.8. The largest absolute Gasteiger partial charge is 0.351 e. The van der Waals surface area contributed by atoms with E-state index in [1.807, 2.05) is 0 Å². The maximum atomic E-state index is 11.0. The van der Waals surface area contributed by atoms with Crippen LogP contribution in [0.1, 0.15) is 24.0 Å². The number of nitrogens with zero attached hydrogens (tertiary/aromatic N) is 1. The summed E-state index contributed by atoms with van der Waals surface area (Å²) in [5.41, 5.74) is 13.4. The summed E-state index contributed by atoms with van der Waals surface area (Å²) in [6.07, 6.45) is 3.17. The fourth-order valence-corrected chi connectivity index (χ4v) is 2.50. The maximum absolute atomic E-state index is 11.0. The lowest BCUT2D eigenvalue weighted by molar-refractivity contribution is 0.179. The van der Waals surface area contributed by atoms with Gasteiger partial charge in [0.05, 0.1) is 0 Å². The van der Waals surface area contributed by atoms with Gasteiger partial charge >= 0.3 is 6.03 Å². The van der Waals surface area contributed by atoms with Gasteiger partial charge in [0.2, 0.25) is 0 Å².